The van der Waals surface area contributed by atoms with Crippen LogP contribution in [0.15, 0.2) is 54.6 Å². The van der Waals surface area contributed by atoms with Gasteiger partial charge in [-0.3, -0.25) is 9.52 Å². The normalized spacial score (nSPS) is 12.5. The molecule has 0 bridgehead atoms. The number of amides is 1. The van der Waals surface area contributed by atoms with E-state index in [1.54, 1.807) is 31.3 Å². The highest BCUT2D eigenvalue weighted by molar-refractivity contribution is 7.92. The monoisotopic (exact) mass is 346 g/mol. The Hall–Kier alpha value is -2.34. The fraction of sp³-hybridized carbons (Fsp3) is 0.278. The first kappa shape index (κ1) is 18.0. The van der Waals surface area contributed by atoms with Gasteiger partial charge in [0.25, 0.3) is 0 Å². The lowest BCUT2D eigenvalue weighted by molar-refractivity contribution is -0.116. The molecule has 0 spiro atoms. The Morgan fingerprint density at radius 2 is 1.79 bits per heavy atom. The maximum atomic E-state index is 12.4. The average molecular weight is 346 g/mol. The van der Waals surface area contributed by atoms with E-state index >= 15 is 0 Å². The summed E-state index contributed by atoms with van der Waals surface area (Å²) >= 11 is 0. The number of rotatable bonds is 6. The van der Waals surface area contributed by atoms with Crippen molar-refractivity contribution < 1.29 is 13.2 Å². The van der Waals surface area contributed by atoms with Crippen molar-refractivity contribution in [1.82, 2.24) is 0 Å². The molecule has 24 heavy (non-hydrogen) atoms. The van der Waals surface area contributed by atoms with Crippen molar-refractivity contribution in [3.05, 3.63) is 60.2 Å². The summed E-state index contributed by atoms with van der Waals surface area (Å²) in [5, 5.41) is 0. The van der Waals surface area contributed by atoms with Crippen LogP contribution in [0.4, 0.5) is 11.4 Å². The van der Waals surface area contributed by atoms with Gasteiger partial charge in [0.05, 0.1) is 11.4 Å². The van der Waals surface area contributed by atoms with Gasteiger partial charge in [0, 0.05) is 19.7 Å². The Kier molecular flexibility index (Phi) is 5.62. The van der Waals surface area contributed by atoms with Gasteiger partial charge in [-0.25, -0.2) is 8.42 Å². The molecule has 128 valence electrons. The topological polar surface area (TPSA) is 66.5 Å². The van der Waals surface area contributed by atoms with Gasteiger partial charge in [0.2, 0.25) is 15.9 Å². The first-order valence-electron chi connectivity index (χ1n) is 7.68. The predicted octanol–water partition coefficient (Wildman–Crippen LogP) is 3.21. The third kappa shape index (κ3) is 4.83. The predicted molar refractivity (Wildman–Crippen MR) is 97.8 cm³/mol. The van der Waals surface area contributed by atoms with Crippen LogP contribution in [0.1, 0.15) is 25.3 Å². The highest BCUT2D eigenvalue weighted by Crippen LogP contribution is 2.22. The van der Waals surface area contributed by atoms with E-state index in [2.05, 4.69) is 4.72 Å². The Bertz CT molecular complexity index is 804. The first-order chi connectivity index (χ1) is 11.3. The van der Waals surface area contributed by atoms with E-state index in [1.807, 2.05) is 37.3 Å². The molecule has 0 aliphatic heterocycles. The largest absolute Gasteiger partial charge is 0.316 e. The Morgan fingerprint density at radius 1 is 1.12 bits per heavy atom. The number of hydrogen-bond acceptors (Lipinski definition) is 3. The van der Waals surface area contributed by atoms with E-state index in [0.717, 1.165) is 5.56 Å². The second-order valence-corrected chi connectivity index (χ2v) is 7.59. The van der Waals surface area contributed by atoms with Crippen LogP contribution in [0.5, 0.6) is 0 Å². The van der Waals surface area contributed by atoms with Crippen molar-refractivity contribution >= 4 is 27.3 Å². The molecule has 6 heteroatoms. The van der Waals surface area contributed by atoms with Crippen LogP contribution >= 0.6 is 0 Å². The molecule has 0 saturated carbocycles. The quantitative estimate of drug-likeness (QED) is 0.873. The van der Waals surface area contributed by atoms with Crippen molar-refractivity contribution in [3.63, 3.8) is 0 Å². The molecule has 1 atom stereocenters. The highest BCUT2D eigenvalue weighted by atomic mass is 32.2. The highest BCUT2D eigenvalue weighted by Gasteiger charge is 2.17. The van der Waals surface area contributed by atoms with E-state index in [9.17, 15) is 13.2 Å². The summed E-state index contributed by atoms with van der Waals surface area (Å²) in [6.45, 7) is 3.34. The minimum Gasteiger partial charge on any atom is -0.316 e. The second kappa shape index (κ2) is 7.49. The minimum absolute atomic E-state index is 0.0101. The van der Waals surface area contributed by atoms with E-state index < -0.39 is 10.0 Å². The first-order valence-corrected chi connectivity index (χ1v) is 9.33. The molecule has 0 heterocycles. The number of sulfonamides is 1. The van der Waals surface area contributed by atoms with Crippen molar-refractivity contribution in [2.24, 2.45) is 0 Å². The van der Waals surface area contributed by atoms with Gasteiger partial charge in [-0.15, -0.1) is 0 Å². The van der Waals surface area contributed by atoms with Gasteiger partial charge in [0.1, 0.15) is 0 Å². The standard InChI is InChI=1S/C18H22N2O3S/c1-14(16-8-5-4-6-9-16)13-24(22,23)19-17-10-7-11-18(12-17)20(3)15(2)21/h4-12,14,19H,13H2,1-3H3/t14-/m1/s1. The fourth-order valence-corrected chi connectivity index (χ4v) is 3.81. The molecular weight excluding hydrogens is 324 g/mol. The number of carbonyl (C=O) groups excluding carboxylic acids is 1. The molecule has 2 aromatic carbocycles. The SMILES string of the molecule is CC(=O)N(C)c1cccc(NS(=O)(=O)C[C@@H](C)c2ccccc2)c1. The van der Waals surface area contributed by atoms with Crippen LogP contribution < -0.4 is 9.62 Å². The van der Waals surface area contributed by atoms with Crippen LogP contribution in [-0.2, 0) is 14.8 Å². The maximum absolute atomic E-state index is 12.4. The molecule has 5 nitrogen and oxygen atoms in total. The number of carbonyl (C=O) groups is 1. The summed E-state index contributed by atoms with van der Waals surface area (Å²) in [7, 11) is -1.85. The van der Waals surface area contributed by atoms with Gasteiger partial charge in [-0.05, 0) is 29.7 Å². The number of benzene rings is 2. The molecule has 0 fully saturated rings. The van der Waals surface area contributed by atoms with Crippen molar-refractivity contribution in [2.75, 3.05) is 22.4 Å². The summed E-state index contributed by atoms with van der Waals surface area (Å²) in [6, 6.07) is 16.3. The van der Waals surface area contributed by atoms with Crippen molar-refractivity contribution in [3.8, 4) is 0 Å². The lowest BCUT2D eigenvalue weighted by Crippen LogP contribution is -2.23. The minimum atomic E-state index is -3.50. The zero-order chi connectivity index (χ0) is 17.7. The summed E-state index contributed by atoms with van der Waals surface area (Å²) in [4.78, 5) is 12.9. The zero-order valence-corrected chi connectivity index (χ0v) is 14.9. The van der Waals surface area contributed by atoms with E-state index in [4.69, 9.17) is 0 Å². The molecule has 0 unspecified atom stereocenters. The Labute approximate surface area is 143 Å². The summed E-state index contributed by atoms with van der Waals surface area (Å²) in [5.74, 6) is -0.247. The molecule has 1 amide bonds. The molecule has 2 rings (SSSR count). The van der Waals surface area contributed by atoms with E-state index in [1.165, 1.54) is 11.8 Å². The summed E-state index contributed by atoms with van der Waals surface area (Å²) in [6.07, 6.45) is 0. The molecule has 1 N–H and O–H groups in total. The molecular formula is C18H22N2O3S. The number of nitrogens with one attached hydrogen (secondary N) is 1. The van der Waals surface area contributed by atoms with Crippen LogP contribution in [0.25, 0.3) is 0 Å². The molecule has 0 radical (unpaired) electrons. The molecule has 2 aromatic rings. The number of hydrogen-bond donors (Lipinski definition) is 1. The fourth-order valence-electron chi connectivity index (χ4n) is 2.39. The maximum Gasteiger partial charge on any atom is 0.233 e. The summed E-state index contributed by atoms with van der Waals surface area (Å²) < 4.78 is 27.4. The van der Waals surface area contributed by atoms with E-state index in [-0.39, 0.29) is 17.6 Å². The lowest BCUT2D eigenvalue weighted by Gasteiger charge is -2.17. The van der Waals surface area contributed by atoms with Crippen LogP contribution in [0.3, 0.4) is 0 Å². The number of nitrogens with zero attached hydrogens (tertiary/aromatic N) is 1. The second-order valence-electron chi connectivity index (χ2n) is 5.82. The van der Waals surface area contributed by atoms with Gasteiger partial charge < -0.3 is 4.90 Å². The smallest absolute Gasteiger partial charge is 0.233 e. The van der Waals surface area contributed by atoms with Crippen LogP contribution in [0, 0.1) is 0 Å². The van der Waals surface area contributed by atoms with Gasteiger partial charge >= 0.3 is 0 Å². The Balaban J connectivity index is 2.12. The van der Waals surface area contributed by atoms with Gasteiger partial charge in [-0.2, -0.15) is 0 Å². The zero-order valence-electron chi connectivity index (χ0n) is 14.1. The molecule has 0 aromatic heterocycles. The van der Waals surface area contributed by atoms with E-state index in [0.29, 0.717) is 11.4 Å². The molecule has 0 aliphatic rings. The average Bonchev–Trinajstić information content (AvgIpc) is 2.54. The number of anilines is 2. The van der Waals surface area contributed by atoms with Crippen molar-refractivity contribution in [2.45, 2.75) is 19.8 Å². The third-order valence-corrected chi connectivity index (χ3v) is 5.30. The van der Waals surface area contributed by atoms with Gasteiger partial charge in [-0.1, -0.05) is 43.3 Å². The summed E-state index contributed by atoms with van der Waals surface area (Å²) in [5.41, 5.74) is 2.06. The Morgan fingerprint density at radius 3 is 2.42 bits per heavy atom. The molecule has 0 saturated heterocycles. The molecule has 0 aliphatic carbocycles. The van der Waals surface area contributed by atoms with Crippen molar-refractivity contribution in [1.29, 1.82) is 0 Å². The lowest BCUT2D eigenvalue weighted by atomic mass is 10.0. The van der Waals surface area contributed by atoms with Crippen LogP contribution in [0.2, 0.25) is 0 Å². The van der Waals surface area contributed by atoms with Crippen LogP contribution in [-0.4, -0.2) is 27.1 Å². The third-order valence-electron chi connectivity index (χ3n) is 3.82. The van der Waals surface area contributed by atoms with Gasteiger partial charge in [0.15, 0.2) is 0 Å².